The lowest BCUT2D eigenvalue weighted by molar-refractivity contribution is -0.192. The second-order valence-electron chi connectivity index (χ2n) is 8.81. The van der Waals surface area contributed by atoms with E-state index in [9.17, 15) is 18.0 Å². The molecule has 0 aromatic carbocycles. The topological polar surface area (TPSA) is 92.7 Å². The zero-order chi connectivity index (χ0) is 26.6. The van der Waals surface area contributed by atoms with Crippen molar-refractivity contribution in [3.63, 3.8) is 0 Å². The molecule has 0 spiro atoms. The number of aromatic nitrogens is 4. The van der Waals surface area contributed by atoms with Gasteiger partial charge in [-0.3, -0.25) is 14.2 Å². The van der Waals surface area contributed by atoms with Crippen LogP contribution in [0.15, 0.2) is 67.3 Å². The van der Waals surface area contributed by atoms with Crippen LogP contribution in [0.1, 0.15) is 47.9 Å². The Balaban J connectivity index is 0.000000405. The van der Waals surface area contributed by atoms with Crippen molar-refractivity contribution >= 4 is 17.4 Å². The van der Waals surface area contributed by atoms with Crippen LogP contribution in [-0.4, -0.2) is 54.0 Å². The number of carbonyl (C=O) groups is 2. The van der Waals surface area contributed by atoms with Crippen molar-refractivity contribution in [2.24, 2.45) is 0 Å². The molecule has 0 saturated heterocycles. The number of alkyl halides is 3. The number of amides is 1. The molecule has 1 aliphatic carbocycles. The zero-order valence-corrected chi connectivity index (χ0v) is 20.1. The molecule has 37 heavy (non-hydrogen) atoms. The third kappa shape index (κ3) is 5.99. The fraction of sp³-hybridized carbons (Fsp3) is 0.308. The minimum atomic E-state index is -5.08. The number of aliphatic carboxylic acids is 1. The fourth-order valence-electron chi connectivity index (χ4n) is 4.36. The summed E-state index contributed by atoms with van der Waals surface area (Å²) in [6, 6.07) is 14.3. The van der Waals surface area contributed by atoms with Gasteiger partial charge in [-0.2, -0.15) is 13.2 Å². The van der Waals surface area contributed by atoms with E-state index in [4.69, 9.17) is 14.9 Å². The van der Waals surface area contributed by atoms with Gasteiger partial charge in [-0.1, -0.05) is 25.0 Å². The van der Waals surface area contributed by atoms with Crippen molar-refractivity contribution in [3.8, 4) is 11.4 Å². The van der Waals surface area contributed by atoms with Gasteiger partial charge in [0, 0.05) is 43.4 Å². The smallest absolute Gasteiger partial charge is 0.475 e. The molecule has 0 aliphatic heterocycles. The Bertz CT molecular complexity index is 1380. The lowest BCUT2D eigenvalue weighted by Gasteiger charge is -2.15. The molecule has 1 amide bonds. The summed E-state index contributed by atoms with van der Waals surface area (Å²) < 4.78 is 36.1. The predicted molar refractivity (Wildman–Crippen MR) is 130 cm³/mol. The van der Waals surface area contributed by atoms with Crippen LogP contribution in [-0.2, 0) is 11.3 Å². The van der Waals surface area contributed by atoms with Crippen molar-refractivity contribution in [2.45, 2.75) is 44.4 Å². The fourth-order valence-corrected chi connectivity index (χ4v) is 4.36. The number of nitrogens with zero attached hydrogens (tertiary/aromatic N) is 5. The van der Waals surface area contributed by atoms with Crippen molar-refractivity contribution in [3.05, 3.63) is 78.6 Å². The summed E-state index contributed by atoms with van der Waals surface area (Å²) in [5.41, 5.74) is 3.18. The van der Waals surface area contributed by atoms with Gasteiger partial charge in [-0.05, 0) is 43.2 Å². The highest BCUT2D eigenvalue weighted by Gasteiger charge is 2.38. The molecule has 4 aromatic heterocycles. The minimum Gasteiger partial charge on any atom is -0.475 e. The van der Waals surface area contributed by atoms with E-state index >= 15 is 0 Å². The normalized spacial score (nSPS) is 13.8. The lowest BCUT2D eigenvalue weighted by atomic mass is 10.2. The molecule has 1 fully saturated rings. The molecule has 0 radical (unpaired) electrons. The Kier molecular flexibility index (Phi) is 7.61. The molecule has 1 aliphatic rings. The summed E-state index contributed by atoms with van der Waals surface area (Å²) in [6.07, 6.45) is 8.01. The summed E-state index contributed by atoms with van der Waals surface area (Å²) in [7, 11) is 1.79. The predicted octanol–water partition coefficient (Wildman–Crippen LogP) is 5.22. The monoisotopic (exact) mass is 513 g/mol. The second-order valence-corrected chi connectivity index (χ2v) is 8.81. The first-order chi connectivity index (χ1) is 17.6. The Labute approximate surface area is 211 Å². The Morgan fingerprint density at radius 1 is 1.08 bits per heavy atom. The van der Waals surface area contributed by atoms with E-state index in [1.165, 1.54) is 25.7 Å². The number of carboxylic acids is 1. The third-order valence-corrected chi connectivity index (χ3v) is 6.18. The van der Waals surface area contributed by atoms with Gasteiger partial charge in [-0.15, -0.1) is 0 Å². The maximum atomic E-state index is 13.2. The standard InChI is InChI=1S/C24H25N5O.C2HF3O2/c1-27(17-19-8-4-6-13-25-19)24(30)22-21-11-5-7-14-29(21)23(26-22)18-12-15-28(16-18)20-9-2-3-10-20;3-2(4,5)1(6)7/h4-8,11-16,20H,2-3,9-10,17H2,1H3;(H,6,7). The van der Waals surface area contributed by atoms with Gasteiger partial charge in [0.1, 0.15) is 5.82 Å². The number of rotatable bonds is 5. The Morgan fingerprint density at radius 2 is 1.78 bits per heavy atom. The number of hydrogen-bond donors (Lipinski definition) is 1. The van der Waals surface area contributed by atoms with Crippen LogP contribution in [0.25, 0.3) is 16.9 Å². The first kappa shape index (κ1) is 25.9. The molecule has 4 heterocycles. The first-order valence-corrected chi connectivity index (χ1v) is 11.8. The number of carboxylic acid groups (broad SMARTS) is 1. The quantitative estimate of drug-likeness (QED) is 0.395. The molecule has 194 valence electrons. The van der Waals surface area contributed by atoms with Crippen molar-refractivity contribution in [1.82, 2.24) is 23.8 Å². The van der Waals surface area contributed by atoms with E-state index < -0.39 is 12.1 Å². The summed E-state index contributed by atoms with van der Waals surface area (Å²) in [4.78, 5) is 32.9. The average Bonchev–Trinajstić information content (AvgIpc) is 3.63. The average molecular weight is 514 g/mol. The first-order valence-electron chi connectivity index (χ1n) is 11.8. The van der Waals surface area contributed by atoms with E-state index in [2.05, 4.69) is 28.0 Å². The Hall–Kier alpha value is -4.15. The van der Waals surface area contributed by atoms with Gasteiger partial charge >= 0.3 is 12.1 Å². The zero-order valence-electron chi connectivity index (χ0n) is 20.1. The molecular weight excluding hydrogens is 487 g/mol. The molecule has 0 bridgehead atoms. The van der Waals surface area contributed by atoms with Gasteiger partial charge < -0.3 is 14.6 Å². The van der Waals surface area contributed by atoms with Gasteiger partial charge in [0.2, 0.25) is 0 Å². The van der Waals surface area contributed by atoms with Crippen LogP contribution in [0.3, 0.4) is 0 Å². The van der Waals surface area contributed by atoms with Crippen LogP contribution < -0.4 is 0 Å². The highest BCUT2D eigenvalue weighted by molar-refractivity contribution is 5.99. The lowest BCUT2D eigenvalue weighted by Crippen LogP contribution is -2.27. The van der Waals surface area contributed by atoms with E-state index in [0.717, 1.165) is 22.6 Å². The van der Waals surface area contributed by atoms with Gasteiger partial charge in [0.15, 0.2) is 5.69 Å². The molecule has 5 rings (SSSR count). The summed E-state index contributed by atoms with van der Waals surface area (Å²) in [6.45, 7) is 0.443. The molecule has 8 nitrogen and oxygen atoms in total. The van der Waals surface area contributed by atoms with Crippen molar-refractivity contribution in [1.29, 1.82) is 0 Å². The minimum absolute atomic E-state index is 0.106. The Morgan fingerprint density at radius 3 is 2.43 bits per heavy atom. The van der Waals surface area contributed by atoms with Crippen LogP contribution in [0.4, 0.5) is 13.2 Å². The van der Waals surface area contributed by atoms with Crippen LogP contribution in [0, 0.1) is 0 Å². The number of pyridine rings is 2. The number of hydrogen-bond acceptors (Lipinski definition) is 4. The third-order valence-electron chi connectivity index (χ3n) is 6.18. The molecule has 11 heteroatoms. The van der Waals surface area contributed by atoms with E-state index in [1.54, 1.807) is 18.1 Å². The number of carbonyl (C=O) groups excluding carboxylic acids is 1. The van der Waals surface area contributed by atoms with Gasteiger partial charge in [-0.25, -0.2) is 9.78 Å². The highest BCUT2D eigenvalue weighted by atomic mass is 19.4. The summed E-state index contributed by atoms with van der Waals surface area (Å²) in [5, 5.41) is 7.12. The SMILES string of the molecule is CN(Cc1ccccn1)C(=O)c1nc(-c2ccn(C3CCCC3)c2)n2ccccc12.O=C(O)C(F)(F)F. The second kappa shape index (κ2) is 10.9. The number of halogens is 3. The van der Waals surface area contributed by atoms with E-state index in [-0.39, 0.29) is 5.91 Å². The molecule has 1 saturated carbocycles. The summed E-state index contributed by atoms with van der Waals surface area (Å²) in [5.74, 6) is -2.06. The molecule has 1 N–H and O–H groups in total. The maximum absolute atomic E-state index is 13.2. The van der Waals surface area contributed by atoms with Crippen LogP contribution >= 0.6 is 0 Å². The highest BCUT2D eigenvalue weighted by Crippen LogP contribution is 2.32. The van der Waals surface area contributed by atoms with Gasteiger partial charge in [0.05, 0.1) is 17.8 Å². The maximum Gasteiger partial charge on any atom is 0.490 e. The van der Waals surface area contributed by atoms with Crippen molar-refractivity contribution in [2.75, 3.05) is 7.05 Å². The largest absolute Gasteiger partial charge is 0.490 e. The molecule has 4 aromatic rings. The molecular formula is C26H26F3N5O3. The summed E-state index contributed by atoms with van der Waals surface area (Å²) >= 11 is 0. The number of imidazole rings is 1. The number of fused-ring (bicyclic) bond motifs is 1. The van der Waals surface area contributed by atoms with Crippen LogP contribution in [0.5, 0.6) is 0 Å². The molecule has 0 unspecified atom stereocenters. The van der Waals surface area contributed by atoms with E-state index in [1.807, 2.05) is 47.0 Å². The van der Waals surface area contributed by atoms with E-state index in [0.29, 0.717) is 18.3 Å². The van der Waals surface area contributed by atoms with Gasteiger partial charge in [0.25, 0.3) is 5.91 Å². The van der Waals surface area contributed by atoms with Crippen molar-refractivity contribution < 1.29 is 27.9 Å². The van der Waals surface area contributed by atoms with Crippen LogP contribution in [0.2, 0.25) is 0 Å². The molecule has 0 atom stereocenters.